The number of rotatable bonds is 5. The van der Waals surface area contributed by atoms with Crippen LogP contribution >= 0.6 is 0 Å². The number of anilines is 1. The van der Waals surface area contributed by atoms with Gasteiger partial charge >= 0.3 is 6.09 Å². The van der Waals surface area contributed by atoms with Crippen molar-refractivity contribution in [1.29, 1.82) is 0 Å². The van der Waals surface area contributed by atoms with Crippen molar-refractivity contribution in [1.82, 2.24) is 0 Å². The third-order valence-corrected chi connectivity index (χ3v) is 3.92. The van der Waals surface area contributed by atoms with Crippen molar-refractivity contribution < 1.29 is 19.0 Å². The van der Waals surface area contributed by atoms with Gasteiger partial charge in [-0.15, -0.1) is 0 Å². The highest BCUT2D eigenvalue weighted by atomic mass is 16.5. The van der Waals surface area contributed by atoms with E-state index in [1.165, 1.54) is 18.2 Å². The fourth-order valence-electron chi connectivity index (χ4n) is 2.41. The predicted molar refractivity (Wildman–Crippen MR) is 94.0 cm³/mol. The second-order valence-electron chi connectivity index (χ2n) is 5.60. The minimum absolute atomic E-state index is 0.305. The highest BCUT2D eigenvalue weighted by molar-refractivity contribution is 5.88. The zero-order chi connectivity index (χ0) is 17.7. The molecule has 0 radical (unpaired) electrons. The third kappa shape index (κ3) is 3.98. The van der Waals surface area contributed by atoms with E-state index in [9.17, 15) is 4.79 Å². The van der Waals surface area contributed by atoms with Crippen LogP contribution in [0.5, 0.6) is 11.5 Å². The molecule has 0 unspecified atom stereocenters. The molecule has 0 spiro atoms. The van der Waals surface area contributed by atoms with Gasteiger partial charge in [-0.2, -0.15) is 0 Å². The predicted octanol–water partition coefficient (Wildman–Crippen LogP) is 4.38. The molecule has 1 N–H and O–H groups in total. The van der Waals surface area contributed by atoms with Gasteiger partial charge in [-0.05, 0) is 49.6 Å². The van der Waals surface area contributed by atoms with E-state index in [-0.39, 0.29) is 0 Å². The summed E-state index contributed by atoms with van der Waals surface area (Å²) in [5.41, 5.74) is 4.83. The number of carbonyl (C=O) groups is 1. The quantitative estimate of drug-likeness (QED) is 0.884. The molecule has 24 heavy (non-hydrogen) atoms. The maximum Gasteiger partial charge on any atom is 0.411 e. The molecule has 5 nitrogen and oxygen atoms in total. The van der Waals surface area contributed by atoms with Crippen LogP contribution in [0.3, 0.4) is 0 Å². The van der Waals surface area contributed by atoms with Gasteiger partial charge in [0, 0.05) is 5.56 Å². The van der Waals surface area contributed by atoms with Crippen molar-refractivity contribution in [2.45, 2.75) is 27.4 Å². The second-order valence-corrected chi connectivity index (χ2v) is 5.60. The smallest absolute Gasteiger partial charge is 0.411 e. The van der Waals surface area contributed by atoms with Crippen molar-refractivity contribution >= 4 is 11.8 Å². The Morgan fingerprint density at radius 2 is 1.71 bits per heavy atom. The zero-order valence-corrected chi connectivity index (χ0v) is 14.7. The largest absolute Gasteiger partial charge is 0.495 e. The molecule has 2 rings (SSSR count). The molecule has 0 aliphatic heterocycles. The van der Waals surface area contributed by atoms with Crippen LogP contribution in [0.25, 0.3) is 0 Å². The number of aryl methyl sites for hydroxylation is 3. The van der Waals surface area contributed by atoms with E-state index in [4.69, 9.17) is 9.47 Å². The van der Waals surface area contributed by atoms with Gasteiger partial charge in [0.25, 0.3) is 0 Å². The standard InChI is InChI=1S/C19H23NO4/c1-12-9-14(3)17(10-13(12)2)24-11-15-7-6-8-16(22-4)18(15)20-19(21)23-5/h6-10H,11H2,1-5H3,(H,20,21). The van der Waals surface area contributed by atoms with Gasteiger partial charge in [-0.3, -0.25) is 5.32 Å². The monoisotopic (exact) mass is 329 g/mol. The van der Waals surface area contributed by atoms with Crippen LogP contribution in [0.15, 0.2) is 30.3 Å². The van der Waals surface area contributed by atoms with E-state index in [0.29, 0.717) is 18.0 Å². The van der Waals surface area contributed by atoms with Crippen molar-refractivity contribution in [3.8, 4) is 11.5 Å². The number of methoxy groups -OCH3 is 2. The van der Waals surface area contributed by atoms with Crippen LogP contribution in [-0.2, 0) is 11.3 Å². The Morgan fingerprint density at radius 3 is 2.38 bits per heavy atom. The lowest BCUT2D eigenvalue weighted by molar-refractivity contribution is 0.186. The summed E-state index contributed by atoms with van der Waals surface area (Å²) < 4.78 is 16.0. The summed E-state index contributed by atoms with van der Waals surface area (Å²) in [6.07, 6.45) is -0.553. The molecule has 0 aliphatic carbocycles. The normalized spacial score (nSPS) is 10.2. The average Bonchev–Trinajstić information content (AvgIpc) is 2.57. The summed E-state index contributed by atoms with van der Waals surface area (Å²) in [5, 5.41) is 2.68. The number of hydrogen-bond acceptors (Lipinski definition) is 4. The first-order valence-corrected chi connectivity index (χ1v) is 7.67. The van der Waals surface area contributed by atoms with Gasteiger partial charge in [-0.25, -0.2) is 4.79 Å². The van der Waals surface area contributed by atoms with Gasteiger partial charge in [0.2, 0.25) is 0 Å². The Bertz CT molecular complexity index is 740. The van der Waals surface area contributed by atoms with Crippen molar-refractivity contribution in [3.63, 3.8) is 0 Å². The molecule has 0 saturated carbocycles. The number of carbonyl (C=O) groups excluding carboxylic acids is 1. The molecular formula is C19H23NO4. The molecule has 0 fully saturated rings. The fraction of sp³-hybridized carbons (Fsp3) is 0.316. The summed E-state index contributed by atoms with van der Waals surface area (Å²) >= 11 is 0. The van der Waals surface area contributed by atoms with Crippen LogP contribution < -0.4 is 14.8 Å². The van der Waals surface area contributed by atoms with Gasteiger partial charge in [0.15, 0.2) is 0 Å². The van der Waals surface area contributed by atoms with E-state index in [1.807, 2.05) is 25.1 Å². The molecule has 0 heterocycles. The van der Waals surface area contributed by atoms with Gasteiger partial charge in [0.05, 0.1) is 19.9 Å². The minimum atomic E-state index is -0.553. The highest BCUT2D eigenvalue weighted by Gasteiger charge is 2.13. The topological polar surface area (TPSA) is 56.8 Å². The van der Waals surface area contributed by atoms with Crippen molar-refractivity contribution in [3.05, 3.63) is 52.6 Å². The molecule has 128 valence electrons. The van der Waals surface area contributed by atoms with Gasteiger partial charge in [0.1, 0.15) is 18.1 Å². The second kappa shape index (κ2) is 7.73. The van der Waals surface area contributed by atoms with E-state index < -0.39 is 6.09 Å². The number of ether oxygens (including phenoxy) is 3. The molecular weight excluding hydrogens is 306 g/mol. The molecule has 0 aliphatic rings. The zero-order valence-electron chi connectivity index (χ0n) is 14.7. The Labute approximate surface area is 142 Å². The molecule has 0 saturated heterocycles. The number of hydrogen-bond donors (Lipinski definition) is 1. The Kier molecular flexibility index (Phi) is 5.68. The lowest BCUT2D eigenvalue weighted by Crippen LogP contribution is -2.14. The first-order valence-electron chi connectivity index (χ1n) is 7.67. The van der Waals surface area contributed by atoms with Gasteiger partial charge < -0.3 is 14.2 Å². The maximum absolute atomic E-state index is 11.6. The molecule has 2 aromatic rings. The third-order valence-electron chi connectivity index (χ3n) is 3.92. The fourth-order valence-corrected chi connectivity index (χ4v) is 2.41. The Morgan fingerprint density at radius 1 is 1.00 bits per heavy atom. The molecule has 0 atom stereocenters. The lowest BCUT2D eigenvalue weighted by Gasteiger charge is -2.16. The Balaban J connectivity index is 2.26. The minimum Gasteiger partial charge on any atom is -0.495 e. The summed E-state index contributed by atoms with van der Waals surface area (Å²) in [6.45, 7) is 6.45. The molecule has 0 bridgehead atoms. The summed E-state index contributed by atoms with van der Waals surface area (Å²) in [6, 6.07) is 9.63. The van der Waals surface area contributed by atoms with Crippen LogP contribution in [0.1, 0.15) is 22.3 Å². The molecule has 0 aromatic heterocycles. The summed E-state index contributed by atoms with van der Waals surface area (Å²) in [5.74, 6) is 1.38. The van der Waals surface area contributed by atoms with E-state index in [2.05, 4.69) is 30.0 Å². The van der Waals surface area contributed by atoms with E-state index in [1.54, 1.807) is 13.2 Å². The van der Waals surface area contributed by atoms with Gasteiger partial charge in [-0.1, -0.05) is 18.2 Å². The SMILES string of the molecule is COC(=O)Nc1c(COc2cc(C)c(C)cc2C)cccc1OC. The number of benzene rings is 2. The number of para-hydroxylation sites is 1. The first kappa shape index (κ1) is 17.7. The van der Waals surface area contributed by atoms with Crippen LogP contribution in [-0.4, -0.2) is 20.3 Å². The first-order chi connectivity index (χ1) is 11.5. The number of nitrogens with one attached hydrogen (secondary N) is 1. The molecule has 5 heteroatoms. The van der Waals surface area contributed by atoms with E-state index >= 15 is 0 Å². The van der Waals surface area contributed by atoms with E-state index in [0.717, 1.165) is 16.9 Å². The van der Waals surface area contributed by atoms with Crippen molar-refractivity contribution in [2.24, 2.45) is 0 Å². The molecule has 1 amide bonds. The average molecular weight is 329 g/mol. The van der Waals surface area contributed by atoms with Crippen LogP contribution in [0, 0.1) is 20.8 Å². The summed E-state index contributed by atoms with van der Waals surface area (Å²) in [7, 11) is 2.87. The highest BCUT2D eigenvalue weighted by Crippen LogP contribution is 2.30. The van der Waals surface area contributed by atoms with Crippen LogP contribution in [0.4, 0.5) is 10.5 Å². The summed E-state index contributed by atoms with van der Waals surface area (Å²) in [4.78, 5) is 11.6. The number of amides is 1. The Hall–Kier alpha value is -2.69. The van der Waals surface area contributed by atoms with Crippen molar-refractivity contribution in [2.75, 3.05) is 19.5 Å². The van der Waals surface area contributed by atoms with Crippen LogP contribution in [0.2, 0.25) is 0 Å². The lowest BCUT2D eigenvalue weighted by atomic mass is 10.1. The maximum atomic E-state index is 11.6. The molecule has 2 aromatic carbocycles.